The summed E-state index contributed by atoms with van der Waals surface area (Å²) in [6.45, 7) is 1.03. The van der Waals surface area contributed by atoms with Crippen molar-refractivity contribution in [2.75, 3.05) is 37.1 Å². The largest absolute Gasteiger partial charge is 0.394 e. The van der Waals surface area contributed by atoms with Crippen LogP contribution in [0.15, 0.2) is 54.6 Å². The van der Waals surface area contributed by atoms with Crippen LogP contribution in [0.3, 0.4) is 0 Å². The van der Waals surface area contributed by atoms with Gasteiger partial charge in [0.1, 0.15) is 12.7 Å². The number of nitrogens with one attached hydrogen (secondary N) is 2. The second kappa shape index (κ2) is 9.91. The maximum atomic E-state index is 12.6. The van der Waals surface area contributed by atoms with E-state index in [-0.39, 0.29) is 31.2 Å². The third kappa shape index (κ3) is 5.04. The fraction of sp³-hybridized carbons (Fsp3) is 0.391. The van der Waals surface area contributed by atoms with E-state index in [0.717, 1.165) is 18.4 Å². The molecule has 2 aromatic carbocycles. The molecule has 0 unspecified atom stereocenters. The normalized spacial score (nSPS) is 22.2. The van der Waals surface area contributed by atoms with Gasteiger partial charge in [0.15, 0.2) is 0 Å². The molecule has 0 spiro atoms. The Morgan fingerprint density at radius 3 is 2.29 bits per heavy atom. The summed E-state index contributed by atoms with van der Waals surface area (Å²) in [5.74, 6) is -0.0990. The highest BCUT2D eigenvalue weighted by Crippen LogP contribution is 2.33. The number of nitrogens with zero attached hydrogens (tertiary/aromatic N) is 1. The van der Waals surface area contributed by atoms with Crippen LogP contribution in [0.1, 0.15) is 24.5 Å². The van der Waals surface area contributed by atoms with Gasteiger partial charge in [0.05, 0.1) is 12.6 Å². The van der Waals surface area contributed by atoms with Crippen LogP contribution in [0.25, 0.3) is 0 Å². The standard InChI is InChI=1S/C23H27N3O5/c27-14-20-22(31-15-21(28)26(20)19-10-12-30-13-11-19)16-6-8-18(9-7-16)25-23(29)24-17-4-2-1-3-5-17/h1-9,19-20,22,27H,10-15H2,(H2,24,25,29)/t20-,22-/m1/s1. The van der Waals surface area contributed by atoms with Gasteiger partial charge in [-0.2, -0.15) is 0 Å². The monoisotopic (exact) mass is 425 g/mol. The Labute approximate surface area is 181 Å². The molecule has 2 aliphatic heterocycles. The first kappa shape index (κ1) is 21.3. The summed E-state index contributed by atoms with van der Waals surface area (Å²) in [6, 6.07) is 15.7. The van der Waals surface area contributed by atoms with Gasteiger partial charge in [0.2, 0.25) is 5.91 Å². The van der Waals surface area contributed by atoms with Gasteiger partial charge in [-0.1, -0.05) is 30.3 Å². The Morgan fingerprint density at radius 2 is 1.65 bits per heavy atom. The van der Waals surface area contributed by atoms with E-state index < -0.39 is 12.1 Å². The van der Waals surface area contributed by atoms with Gasteiger partial charge >= 0.3 is 6.03 Å². The molecule has 3 amide bonds. The van der Waals surface area contributed by atoms with Crippen LogP contribution in [-0.4, -0.2) is 60.5 Å². The molecule has 31 heavy (non-hydrogen) atoms. The van der Waals surface area contributed by atoms with Crippen LogP contribution < -0.4 is 10.6 Å². The minimum Gasteiger partial charge on any atom is -0.394 e. The highest BCUT2D eigenvalue weighted by molar-refractivity contribution is 5.99. The van der Waals surface area contributed by atoms with Crippen LogP contribution in [0.5, 0.6) is 0 Å². The Balaban J connectivity index is 1.43. The number of ether oxygens (including phenoxy) is 2. The van der Waals surface area contributed by atoms with Gasteiger partial charge in [-0.3, -0.25) is 4.79 Å². The van der Waals surface area contributed by atoms with Crippen molar-refractivity contribution >= 4 is 23.3 Å². The third-order valence-corrected chi connectivity index (χ3v) is 5.68. The van der Waals surface area contributed by atoms with E-state index in [4.69, 9.17) is 9.47 Å². The summed E-state index contributed by atoms with van der Waals surface area (Å²) in [6.07, 6.45) is 1.08. The number of benzene rings is 2. The molecule has 0 radical (unpaired) electrons. The fourth-order valence-electron chi connectivity index (χ4n) is 4.19. The smallest absolute Gasteiger partial charge is 0.323 e. The Morgan fingerprint density at radius 1 is 1.00 bits per heavy atom. The Kier molecular flexibility index (Phi) is 6.81. The van der Waals surface area contributed by atoms with Crippen molar-refractivity contribution in [1.82, 2.24) is 4.90 Å². The first-order valence-corrected chi connectivity index (χ1v) is 10.5. The van der Waals surface area contributed by atoms with Crippen molar-refractivity contribution in [3.05, 3.63) is 60.2 Å². The summed E-state index contributed by atoms with van der Waals surface area (Å²) in [5, 5.41) is 15.6. The maximum Gasteiger partial charge on any atom is 0.323 e. The molecular weight excluding hydrogens is 398 g/mol. The topological polar surface area (TPSA) is 100 Å². The highest BCUT2D eigenvalue weighted by atomic mass is 16.5. The maximum absolute atomic E-state index is 12.6. The van der Waals surface area contributed by atoms with E-state index >= 15 is 0 Å². The lowest BCUT2D eigenvalue weighted by atomic mass is 9.95. The van der Waals surface area contributed by atoms with Gasteiger partial charge in [0.25, 0.3) is 0 Å². The number of anilines is 2. The number of urea groups is 1. The number of rotatable bonds is 5. The van der Waals surface area contributed by atoms with Gasteiger partial charge in [-0.25, -0.2) is 4.79 Å². The zero-order valence-corrected chi connectivity index (χ0v) is 17.2. The van der Waals surface area contributed by atoms with E-state index in [2.05, 4.69) is 10.6 Å². The minimum atomic E-state index is -0.454. The average molecular weight is 425 g/mol. The molecule has 2 aliphatic rings. The summed E-state index contributed by atoms with van der Waals surface area (Å²) >= 11 is 0. The number of para-hydroxylation sites is 1. The molecule has 2 heterocycles. The number of amides is 3. The first-order chi connectivity index (χ1) is 15.2. The van der Waals surface area contributed by atoms with E-state index in [1.165, 1.54) is 0 Å². The van der Waals surface area contributed by atoms with Crippen molar-refractivity contribution in [3.8, 4) is 0 Å². The lowest BCUT2D eigenvalue weighted by Gasteiger charge is -2.45. The summed E-state index contributed by atoms with van der Waals surface area (Å²) in [5.41, 5.74) is 2.18. The molecular formula is C23H27N3O5. The van der Waals surface area contributed by atoms with E-state index in [9.17, 15) is 14.7 Å². The summed E-state index contributed by atoms with van der Waals surface area (Å²) < 4.78 is 11.2. The van der Waals surface area contributed by atoms with Gasteiger partial charge in [0, 0.05) is 30.6 Å². The second-order valence-corrected chi connectivity index (χ2v) is 7.69. The zero-order chi connectivity index (χ0) is 21.6. The van der Waals surface area contributed by atoms with E-state index in [1.54, 1.807) is 17.0 Å². The lowest BCUT2D eigenvalue weighted by Crippen LogP contribution is -2.57. The molecule has 2 aromatic rings. The molecule has 0 saturated carbocycles. The zero-order valence-electron chi connectivity index (χ0n) is 17.2. The average Bonchev–Trinajstić information content (AvgIpc) is 2.80. The van der Waals surface area contributed by atoms with E-state index in [0.29, 0.717) is 24.6 Å². The highest BCUT2D eigenvalue weighted by Gasteiger charge is 2.41. The number of hydrogen-bond acceptors (Lipinski definition) is 5. The number of carbonyl (C=O) groups is 2. The predicted molar refractivity (Wildman–Crippen MR) is 116 cm³/mol. The number of aliphatic hydroxyl groups is 1. The SMILES string of the molecule is O=C(Nc1ccccc1)Nc1ccc([C@H]2OCC(=O)N(C3CCOCC3)[C@@H]2CO)cc1. The van der Waals surface area contributed by atoms with Crippen LogP contribution in [0, 0.1) is 0 Å². The van der Waals surface area contributed by atoms with E-state index in [1.807, 2.05) is 42.5 Å². The molecule has 0 aliphatic carbocycles. The van der Waals surface area contributed by atoms with Gasteiger partial charge < -0.3 is 30.1 Å². The molecule has 4 rings (SSSR count). The number of morpholine rings is 1. The Hall–Kier alpha value is -2.94. The molecule has 2 atom stereocenters. The summed E-state index contributed by atoms with van der Waals surface area (Å²) in [7, 11) is 0. The number of hydrogen-bond donors (Lipinski definition) is 3. The van der Waals surface area contributed by atoms with Crippen LogP contribution >= 0.6 is 0 Å². The fourth-order valence-corrected chi connectivity index (χ4v) is 4.19. The molecule has 0 bridgehead atoms. The third-order valence-electron chi connectivity index (χ3n) is 5.68. The molecule has 2 fully saturated rings. The molecule has 164 valence electrons. The van der Waals surface area contributed by atoms with Crippen molar-refractivity contribution in [2.24, 2.45) is 0 Å². The Bertz CT molecular complexity index is 884. The molecule has 8 nitrogen and oxygen atoms in total. The van der Waals surface area contributed by atoms with Crippen molar-refractivity contribution in [3.63, 3.8) is 0 Å². The molecule has 8 heteroatoms. The van der Waals surface area contributed by atoms with Crippen molar-refractivity contribution in [1.29, 1.82) is 0 Å². The minimum absolute atomic E-state index is 0.0159. The predicted octanol–water partition coefficient (Wildman–Crippen LogP) is 2.77. The molecule has 0 aromatic heterocycles. The first-order valence-electron chi connectivity index (χ1n) is 10.5. The number of carbonyl (C=O) groups excluding carboxylic acids is 2. The van der Waals surface area contributed by atoms with Gasteiger partial charge in [-0.15, -0.1) is 0 Å². The number of aliphatic hydroxyl groups excluding tert-OH is 1. The molecule has 3 N–H and O–H groups in total. The second-order valence-electron chi connectivity index (χ2n) is 7.69. The quantitative estimate of drug-likeness (QED) is 0.684. The van der Waals surface area contributed by atoms with Crippen molar-refractivity contribution < 1.29 is 24.2 Å². The van der Waals surface area contributed by atoms with Crippen LogP contribution in [0.2, 0.25) is 0 Å². The molecule has 2 saturated heterocycles. The lowest BCUT2D eigenvalue weighted by molar-refractivity contribution is -0.168. The van der Waals surface area contributed by atoms with Crippen LogP contribution in [-0.2, 0) is 14.3 Å². The summed E-state index contributed by atoms with van der Waals surface area (Å²) in [4.78, 5) is 26.5. The van der Waals surface area contributed by atoms with Crippen molar-refractivity contribution in [2.45, 2.75) is 31.0 Å². The van der Waals surface area contributed by atoms with Gasteiger partial charge in [-0.05, 0) is 42.7 Å². The van der Waals surface area contributed by atoms with Crippen LogP contribution in [0.4, 0.5) is 16.2 Å².